The molecule has 1 atom stereocenters. The second-order valence-electron chi connectivity index (χ2n) is 7.14. The van der Waals surface area contributed by atoms with E-state index in [-0.39, 0.29) is 6.10 Å². The van der Waals surface area contributed by atoms with E-state index in [9.17, 15) is 9.59 Å². The molecule has 1 aliphatic heterocycles. The smallest absolute Gasteiger partial charge is 0.309 e. The summed E-state index contributed by atoms with van der Waals surface area (Å²) in [7, 11) is 0. The van der Waals surface area contributed by atoms with Gasteiger partial charge < -0.3 is 15.4 Å². The number of hydrogen-bond donors (Lipinski definition) is 2. The second-order valence-corrected chi connectivity index (χ2v) is 7.14. The van der Waals surface area contributed by atoms with Crippen molar-refractivity contribution in [3.05, 3.63) is 35.9 Å². The van der Waals surface area contributed by atoms with Crippen molar-refractivity contribution >= 4 is 11.8 Å². The highest BCUT2D eigenvalue weighted by Gasteiger charge is 2.21. The molecule has 0 aliphatic carbocycles. The van der Waals surface area contributed by atoms with Gasteiger partial charge in [-0.15, -0.1) is 0 Å². The molecule has 2 rings (SSSR count). The molecule has 1 heterocycles. The third kappa shape index (κ3) is 7.14. The van der Waals surface area contributed by atoms with E-state index in [0.717, 1.165) is 39.1 Å². The molecule has 26 heavy (non-hydrogen) atoms. The van der Waals surface area contributed by atoms with Crippen molar-refractivity contribution in [3.8, 4) is 0 Å². The van der Waals surface area contributed by atoms with E-state index in [1.807, 2.05) is 32.0 Å². The summed E-state index contributed by atoms with van der Waals surface area (Å²) in [6.45, 7) is 8.58. The first-order chi connectivity index (χ1) is 12.6. The van der Waals surface area contributed by atoms with E-state index in [0.29, 0.717) is 19.0 Å². The van der Waals surface area contributed by atoms with Crippen LogP contribution in [0.2, 0.25) is 0 Å². The zero-order chi connectivity index (χ0) is 18.8. The van der Waals surface area contributed by atoms with Crippen LogP contribution in [0, 0.1) is 5.92 Å². The molecule has 2 amide bonds. The van der Waals surface area contributed by atoms with Gasteiger partial charge in [0.25, 0.3) is 0 Å². The van der Waals surface area contributed by atoms with Crippen LogP contribution in [0.4, 0.5) is 0 Å². The molecular weight excluding hydrogens is 330 g/mol. The number of hydrogen-bond acceptors (Lipinski definition) is 4. The Morgan fingerprint density at radius 2 is 1.88 bits per heavy atom. The summed E-state index contributed by atoms with van der Waals surface area (Å²) in [6, 6.07) is 10.3. The van der Waals surface area contributed by atoms with Crippen molar-refractivity contribution in [1.82, 2.24) is 15.5 Å². The molecule has 1 fully saturated rings. The van der Waals surface area contributed by atoms with Crippen molar-refractivity contribution in [2.45, 2.75) is 32.8 Å². The van der Waals surface area contributed by atoms with Gasteiger partial charge in [0.2, 0.25) is 0 Å². The van der Waals surface area contributed by atoms with Gasteiger partial charge in [0, 0.05) is 26.2 Å². The number of carbonyl (C=O) groups is 2. The molecule has 0 aromatic heterocycles. The number of benzene rings is 1. The normalized spacial score (nSPS) is 17.9. The van der Waals surface area contributed by atoms with Crippen molar-refractivity contribution in [1.29, 1.82) is 0 Å². The Morgan fingerprint density at radius 3 is 2.62 bits per heavy atom. The van der Waals surface area contributed by atoms with Crippen LogP contribution in [-0.4, -0.2) is 56.0 Å². The van der Waals surface area contributed by atoms with Gasteiger partial charge >= 0.3 is 11.8 Å². The fourth-order valence-electron chi connectivity index (χ4n) is 2.89. The van der Waals surface area contributed by atoms with Crippen molar-refractivity contribution in [3.63, 3.8) is 0 Å². The molecular formula is C20H31N3O3. The number of morpholine rings is 1. The van der Waals surface area contributed by atoms with Gasteiger partial charge in [0.15, 0.2) is 0 Å². The van der Waals surface area contributed by atoms with Crippen LogP contribution in [0.1, 0.15) is 38.4 Å². The van der Waals surface area contributed by atoms with Gasteiger partial charge in [-0.25, -0.2) is 0 Å². The van der Waals surface area contributed by atoms with Crippen LogP contribution < -0.4 is 10.6 Å². The highest BCUT2D eigenvalue weighted by Crippen LogP contribution is 2.21. The predicted octanol–water partition coefficient (Wildman–Crippen LogP) is 1.73. The number of amides is 2. The van der Waals surface area contributed by atoms with Crippen LogP contribution in [0.25, 0.3) is 0 Å². The average Bonchev–Trinajstić information content (AvgIpc) is 2.66. The minimum Gasteiger partial charge on any atom is -0.371 e. The Hall–Kier alpha value is -1.92. The Labute approximate surface area is 156 Å². The summed E-state index contributed by atoms with van der Waals surface area (Å²) < 4.78 is 5.88. The average molecular weight is 361 g/mol. The van der Waals surface area contributed by atoms with Crippen molar-refractivity contribution in [2.24, 2.45) is 5.92 Å². The number of ether oxygens (including phenoxy) is 1. The number of nitrogens with one attached hydrogen (secondary N) is 2. The van der Waals surface area contributed by atoms with Gasteiger partial charge in [-0.2, -0.15) is 0 Å². The van der Waals surface area contributed by atoms with Gasteiger partial charge in [-0.1, -0.05) is 44.2 Å². The van der Waals surface area contributed by atoms with Gasteiger partial charge in [-0.05, 0) is 30.9 Å². The monoisotopic (exact) mass is 361 g/mol. The molecule has 144 valence electrons. The number of carbonyl (C=O) groups excluding carboxylic acids is 2. The van der Waals surface area contributed by atoms with E-state index < -0.39 is 11.8 Å². The third-order valence-electron chi connectivity index (χ3n) is 4.39. The number of nitrogens with zero attached hydrogens (tertiary/aromatic N) is 1. The van der Waals surface area contributed by atoms with E-state index in [2.05, 4.69) is 27.7 Å². The van der Waals surface area contributed by atoms with Crippen molar-refractivity contribution in [2.75, 3.05) is 39.3 Å². The van der Waals surface area contributed by atoms with Gasteiger partial charge in [-0.3, -0.25) is 14.5 Å². The first-order valence-electron chi connectivity index (χ1n) is 9.51. The largest absolute Gasteiger partial charge is 0.371 e. The lowest BCUT2D eigenvalue weighted by Gasteiger charge is -2.33. The third-order valence-corrected chi connectivity index (χ3v) is 4.39. The Balaban J connectivity index is 1.59. The van der Waals surface area contributed by atoms with Crippen LogP contribution in [-0.2, 0) is 14.3 Å². The quantitative estimate of drug-likeness (QED) is 0.546. The summed E-state index contributed by atoms with van der Waals surface area (Å²) in [5.41, 5.74) is 1.22. The van der Waals surface area contributed by atoms with Crippen LogP contribution in [0.3, 0.4) is 0 Å². The summed E-state index contributed by atoms with van der Waals surface area (Å²) in [6.07, 6.45) is 1.97. The maximum atomic E-state index is 11.7. The van der Waals surface area contributed by atoms with E-state index in [1.54, 1.807) is 0 Å². The van der Waals surface area contributed by atoms with E-state index in [1.165, 1.54) is 5.56 Å². The molecule has 1 aliphatic rings. The zero-order valence-electron chi connectivity index (χ0n) is 15.9. The van der Waals surface area contributed by atoms with E-state index in [4.69, 9.17) is 4.74 Å². The molecule has 6 heteroatoms. The summed E-state index contributed by atoms with van der Waals surface area (Å²) in [5.74, 6) is -0.751. The fourth-order valence-corrected chi connectivity index (χ4v) is 2.89. The second kappa shape index (κ2) is 10.9. The molecule has 1 unspecified atom stereocenters. The molecule has 0 bridgehead atoms. The molecule has 2 N–H and O–H groups in total. The number of rotatable bonds is 8. The molecule has 0 radical (unpaired) electrons. The lowest BCUT2D eigenvalue weighted by atomic mass is 10.1. The topological polar surface area (TPSA) is 70.7 Å². The SMILES string of the molecule is CC(C)CNC(=O)C(=O)NCCCCN1CCOC(c2ccccc2)C1. The summed E-state index contributed by atoms with van der Waals surface area (Å²) in [5, 5.41) is 5.31. The van der Waals surface area contributed by atoms with Crippen LogP contribution in [0.15, 0.2) is 30.3 Å². The lowest BCUT2D eigenvalue weighted by molar-refractivity contribution is -0.139. The first-order valence-corrected chi connectivity index (χ1v) is 9.51. The Kier molecular flexibility index (Phi) is 8.58. The van der Waals surface area contributed by atoms with Crippen LogP contribution in [0.5, 0.6) is 0 Å². The minimum absolute atomic E-state index is 0.134. The van der Waals surface area contributed by atoms with Gasteiger partial charge in [0.05, 0.1) is 12.7 Å². The molecule has 1 aromatic carbocycles. The first kappa shape index (κ1) is 20.4. The van der Waals surface area contributed by atoms with Crippen molar-refractivity contribution < 1.29 is 14.3 Å². The van der Waals surface area contributed by atoms with Gasteiger partial charge in [0.1, 0.15) is 0 Å². The Morgan fingerprint density at radius 1 is 1.15 bits per heavy atom. The number of unbranched alkanes of at least 4 members (excludes halogenated alkanes) is 1. The maximum Gasteiger partial charge on any atom is 0.309 e. The molecule has 1 saturated heterocycles. The summed E-state index contributed by atoms with van der Waals surface area (Å²) in [4.78, 5) is 25.7. The molecule has 1 aromatic rings. The standard InChI is InChI=1S/C20H31N3O3/c1-16(2)14-22-20(25)19(24)21-10-6-7-11-23-12-13-26-18(15-23)17-8-4-3-5-9-17/h3-5,8-9,16,18H,6-7,10-15H2,1-2H3,(H,21,24)(H,22,25). The summed E-state index contributed by atoms with van der Waals surface area (Å²) >= 11 is 0. The lowest BCUT2D eigenvalue weighted by Crippen LogP contribution is -2.42. The molecule has 0 saturated carbocycles. The molecule has 0 spiro atoms. The highest BCUT2D eigenvalue weighted by molar-refractivity contribution is 6.35. The maximum absolute atomic E-state index is 11.7. The van der Waals surface area contributed by atoms with Crippen LogP contribution >= 0.6 is 0 Å². The predicted molar refractivity (Wildman–Crippen MR) is 102 cm³/mol. The fraction of sp³-hybridized carbons (Fsp3) is 0.600. The zero-order valence-corrected chi connectivity index (χ0v) is 15.9. The minimum atomic E-state index is -0.544. The highest BCUT2D eigenvalue weighted by atomic mass is 16.5. The van der Waals surface area contributed by atoms with E-state index >= 15 is 0 Å². The molecule has 6 nitrogen and oxygen atoms in total. The Bertz CT molecular complexity index is 563.